The fourth-order valence-corrected chi connectivity index (χ4v) is 3.36. The number of nitrogens with two attached hydrogens (primary N) is 3. The van der Waals surface area contributed by atoms with Gasteiger partial charge in [0.1, 0.15) is 24.2 Å². The van der Waals surface area contributed by atoms with Gasteiger partial charge in [0.2, 0.25) is 29.5 Å². The van der Waals surface area contributed by atoms with Crippen LogP contribution < -0.4 is 38.5 Å². The highest BCUT2D eigenvalue weighted by molar-refractivity contribution is 5.96. The van der Waals surface area contributed by atoms with E-state index in [-0.39, 0.29) is 19.3 Å². The zero-order valence-corrected chi connectivity index (χ0v) is 22.5. The summed E-state index contributed by atoms with van der Waals surface area (Å²) in [6.45, 7) is 3.76. The average Bonchev–Trinajstić information content (AvgIpc) is 2.85. The zero-order chi connectivity index (χ0) is 30.3. The molecule has 16 nitrogen and oxygen atoms in total. The lowest BCUT2D eigenvalue weighted by molar-refractivity contribution is -0.144. The lowest BCUT2D eigenvalue weighted by Crippen LogP contribution is -2.61. The third-order valence-electron chi connectivity index (χ3n) is 5.73. The van der Waals surface area contributed by atoms with Crippen LogP contribution in [-0.2, 0) is 28.8 Å². The van der Waals surface area contributed by atoms with Crippen LogP contribution in [-0.4, -0.2) is 100 Å². The predicted molar refractivity (Wildman–Crippen MR) is 138 cm³/mol. The van der Waals surface area contributed by atoms with E-state index in [1.165, 1.54) is 6.92 Å². The summed E-state index contributed by atoms with van der Waals surface area (Å²) in [7, 11) is 0. The van der Waals surface area contributed by atoms with Gasteiger partial charge in [-0.15, -0.1) is 0 Å². The van der Waals surface area contributed by atoms with E-state index < -0.39 is 84.3 Å². The molecule has 0 aromatic heterocycles. The second-order valence-electron chi connectivity index (χ2n) is 9.50. The van der Waals surface area contributed by atoms with Gasteiger partial charge in [-0.1, -0.05) is 20.3 Å². The van der Waals surface area contributed by atoms with Gasteiger partial charge in [-0.2, -0.15) is 0 Å². The van der Waals surface area contributed by atoms with Crippen LogP contribution in [0.1, 0.15) is 52.9 Å². The van der Waals surface area contributed by atoms with Crippen molar-refractivity contribution in [3.8, 4) is 0 Å². The molecule has 0 rings (SSSR count). The Balaban J connectivity index is 5.55. The lowest BCUT2D eigenvalue weighted by atomic mass is 10.0. The standard InChI is InChI=1S/C23H43N7O9/c1-11(2)17(23(38)39)29-21(36)15(10-31)28-22(37)18(12(3)32)30-20(35)14(7-8-16(26)33)27-19(34)13(25)6-4-5-9-24/h11-15,17-18,31-32H,4-10,24-25H2,1-3H3,(H2,26,33)(H,27,34)(H,28,37)(H,29,36)(H,30,35)(H,38,39)/t12-,13+,14+,15+,17+,18+/m1/s1. The lowest BCUT2D eigenvalue weighted by Gasteiger charge is -2.27. The Labute approximate surface area is 226 Å². The molecule has 0 aliphatic carbocycles. The van der Waals surface area contributed by atoms with Gasteiger partial charge in [0, 0.05) is 6.42 Å². The topological polar surface area (TPSA) is 289 Å². The number of hydrogen-bond donors (Lipinski definition) is 10. The first-order valence-corrected chi connectivity index (χ1v) is 12.6. The SMILES string of the molecule is CC(C)[C@H](NC(=O)[C@H](CO)NC(=O)[C@@H](NC(=O)[C@H](CCC(N)=O)NC(=O)[C@@H](N)CCCCN)[C@@H](C)O)C(=O)O. The third kappa shape index (κ3) is 13.3. The van der Waals surface area contributed by atoms with Gasteiger partial charge < -0.3 is 53.8 Å². The molecule has 13 N–H and O–H groups in total. The molecule has 0 aromatic carbocycles. The summed E-state index contributed by atoms with van der Waals surface area (Å²) in [4.78, 5) is 73.4. The Morgan fingerprint density at radius 1 is 0.769 bits per heavy atom. The molecule has 224 valence electrons. The van der Waals surface area contributed by atoms with Crippen LogP contribution in [0, 0.1) is 5.92 Å². The highest BCUT2D eigenvalue weighted by Gasteiger charge is 2.34. The van der Waals surface area contributed by atoms with E-state index in [1.807, 2.05) is 0 Å². The van der Waals surface area contributed by atoms with Crippen molar-refractivity contribution in [1.29, 1.82) is 0 Å². The molecule has 0 unspecified atom stereocenters. The van der Waals surface area contributed by atoms with Gasteiger partial charge in [0.15, 0.2) is 0 Å². The summed E-state index contributed by atoms with van der Waals surface area (Å²) >= 11 is 0. The van der Waals surface area contributed by atoms with Crippen molar-refractivity contribution in [2.24, 2.45) is 23.1 Å². The highest BCUT2D eigenvalue weighted by atomic mass is 16.4. The fourth-order valence-electron chi connectivity index (χ4n) is 3.36. The summed E-state index contributed by atoms with van der Waals surface area (Å²) in [5.74, 6) is -6.30. The largest absolute Gasteiger partial charge is 0.480 e. The number of hydrogen-bond acceptors (Lipinski definition) is 10. The second-order valence-corrected chi connectivity index (χ2v) is 9.50. The maximum Gasteiger partial charge on any atom is 0.326 e. The minimum atomic E-state index is -1.66. The monoisotopic (exact) mass is 561 g/mol. The van der Waals surface area contributed by atoms with E-state index in [2.05, 4.69) is 21.3 Å². The van der Waals surface area contributed by atoms with Gasteiger partial charge >= 0.3 is 5.97 Å². The molecule has 6 atom stereocenters. The number of carboxylic acids is 1. The first-order chi connectivity index (χ1) is 18.2. The van der Waals surface area contributed by atoms with E-state index in [0.717, 1.165) is 0 Å². The van der Waals surface area contributed by atoms with Crippen molar-refractivity contribution in [3.05, 3.63) is 0 Å². The maximum atomic E-state index is 13.0. The van der Waals surface area contributed by atoms with Crippen molar-refractivity contribution in [2.75, 3.05) is 13.2 Å². The minimum Gasteiger partial charge on any atom is -0.480 e. The number of unbranched alkanes of at least 4 members (excludes halogenated alkanes) is 1. The number of carbonyl (C=O) groups excluding carboxylic acids is 5. The molecular formula is C23H43N7O9. The molecule has 0 radical (unpaired) electrons. The maximum absolute atomic E-state index is 13.0. The molecule has 0 saturated heterocycles. The Bertz CT molecular complexity index is 854. The number of rotatable bonds is 19. The summed E-state index contributed by atoms with van der Waals surface area (Å²) in [6, 6.07) is -6.88. The number of primary amides is 1. The van der Waals surface area contributed by atoms with Gasteiger partial charge in [-0.3, -0.25) is 24.0 Å². The molecule has 0 spiro atoms. The number of nitrogens with one attached hydrogen (secondary N) is 4. The third-order valence-corrected chi connectivity index (χ3v) is 5.73. The van der Waals surface area contributed by atoms with E-state index in [1.54, 1.807) is 13.8 Å². The molecule has 5 amide bonds. The zero-order valence-electron chi connectivity index (χ0n) is 22.5. The van der Waals surface area contributed by atoms with E-state index in [0.29, 0.717) is 19.4 Å². The Hall–Kier alpha value is -3.34. The molecule has 16 heteroatoms. The smallest absolute Gasteiger partial charge is 0.326 e. The van der Waals surface area contributed by atoms with Crippen molar-refractivity contribution >= 4 is 35.5 Å². The van der Waals surface area contributed by atoms with Crippen LogP contribution in [0.25, 0.3) is 0 Å². The van der Waals surface area contributed by atoms with Crippen LogP contribution in [0.15, 0.2) is 0 Å². The van der Waals surface area contributed by atoms with E-state index >= 15 is 0 Å². The molecule has 0 aliphatic heterocycles. The van der Waals surface area contributed by atoms with Gasteiger partial charge in [-0.05, 0) is 38.6 Å². The summed E-state index contributed by atoms with van der Waals surface area (Å²) in [5, 5.41) is 38.0. The molecule has 0 aromatic rings. The van der Waals surface area contributed by atoms with Crippen LogP contribution in [0.5, 0.6) is 0 Å². The molecular weight excluding hydrogens is 518 g/mol. The number of carboxylic acid groups (broad SMARTS) is 1. The number of aliphatic hydroxyl groups is 2. The molecule has 0 fully saturated rings. The van der Waals surface area contributed by atoms with Crippen LogP contribution in [0.4, 0.5) is 0 Å². The van der Waals surface area contributed by atoms with Gasteiger partial charge in [0.05, 0.1) is 18.8 Å². The van der Waals surface area contributed by atoms with Crippen molar-refractivity contribution in [1.82, 2.24) is 21.3 Å². The Morgan fingerprint density at radius 2 is 1.31 bits per heavy atom. The summed E-state index contributed by atoms with van der Waals surface area (Å²) in [5.41, 5.74) is 16.4. The minimum absolute atomic E-state index is 0.232. The predicted octanol–water partition coefficient (Wildman–Crippen LogP) is -4.24. The Morgan fingerprint density at radius 3 is 1.77 bits per heavy atom. The van der Waals surface area contributed by atoms with Crippen molar-refractivity contribution in [3.63, 3.8) is 0 Å². The molecule has 0 aliphatic rings. The van der Waals surface area contributed by atoms with Gasteiger partial charge in [0.25, 0.3) is 0 Å². The number of amides is 5. The van der Waals surface area contributed by atoms with E-state index in [4.69, 9.17) is 17.2 Å². The van der Waals surface area contributed by atoms with Crippen LogP contribution in [0.2, 0.25) is 0 Å². The Kier molecular flexibility index (Phi) is 16.5. The summed E-state index contributed by atoms with van der Waals surface area (Å²) < 4.78 is 0. The quantitative estimate of drug-likeness (QED) is 0.0674. The first kappa shape index (κ1) is 35.7. The number of carbonyl (C=O) groups is 6. The van der Waals surface area contributed by atoms with Crippen LogP contribution >= 0.6 is 0 Å². The van der Waals surface area contributed by atoms with Crippen molar-refractivity contribution in [2.45, 2.75) is 89.2 Å². The first-order valence-electron chi connectivity index (χ1n) is 12.6. The fraction of sp³-hybridized carbons (Fsp3) is 0.739. The van der Waals surface area contributed by atoms with Gasteiger partial charge in [-0.25, -0.2) is 4.79 Å². The number of aliphatic carboxylic acids is 1. The average molecular weight is 562 g/mol. The van der Waals surface area contributed by atoms with Crippen LogP contribution in [0.3, 0.4) is 0 Å². The summed E-state index contributed by atoms with van der Waals surface area (Å²) in [6.07, 6.45) is -0.541. The number of aliphatic hydroxyl groups excluding tert-OH is 2. The molecule has 0 saturated carbocycles. The van der Waals surface area contributed by atoms with Crippen molar-refractivity contribution < 1.29 is 44.1 Å². The second kappa shape index (κ2) is 18.0. The highest BCUT2D eigenvalue weighted by Crippen LogP contribution is 2.05. The molecule has 0 bridgehead atoms. The normalized spacial score (nSPS) is 15.7. The molecule has 0 heterocycles. The molecule has 39 heavy (non-hydrogen) atoms. The van der Waals surface area contributed by atoms with E-state index in [9.17, 15) is 44.1 Å².